The number of methoxy groups -OCH3 is 1. The number of allylic oxidation sites excluding steroid dienone is 1. The van der Waals surface area contributed by atoms with E-state index in [1.165, 1.54) is 20.2 Å². The normalized spacial score (nSPS) is 23.7. The molecule has 7 heteroatoms. The summed E-state index contributed by atoms with van der Waals surface area (Å²) in [7, 11) is 1.77. The van der Waals surface area contributed by atoms with Gasteiger partial charge in [-0.15, -0.1) is 11.3 Å². The minimum atomic E-state index is -0.369. The van der Waals surface area contributed by atoms with Crippen LogP contribution in [0.3, 0.4) is 0 Å². The van der Waals surface area contributed by atoms with Crippen LogP contribution in [0.2, 0.25) is 0 Å². The molecule has 2 heterocycles. The number of hydrogen-bond donors (Lipinski definition) is 1. The van der Waals surface area contributed by atoms with E-state index in [1.54, 1.807) is 30.2 Å². The second-order valence-electron chi connectivity index (χ2n) is 8.96. The van der Waals surface area contributed by atoms with Crippen LogP contribution in [-0.2, 0) is 26.2 Å². The maximum atomic E-state index is 9.33. The van der Waals surface area contributed by atoms with Crippen LogP contribution in [0.15, 0.2) is 50.0 Å². The number of rotatable bonds is 5. The van der Waals surface area contributed by atoms with Gasteiger partial charge in [-0.05, 0) is 60.2 Å². The molecule has 1 aromatic heterocycles. The van der Waals surface area contributed by atoms with Crippen LogP contribution in [0.1, 0.15) is 50.8 Å². The molecule has 0 bridgehead atoms. The first kappa shape index (κ1) is 22.4. The van der Waals surface area contributed by atoms with Gasteiger partial charge in [-0.2, -0.15) is 0 Å². The summed E-state index contributed by atoms with van der Waals surface area (Å²) in [5, 5.41) is 14.9. The van der Waals surface area contributed by atoms with E-state index in [2.05, 4.69) is 41.7 Å². The molecule has 2 aliphatic rings. The molecule has 166 valence electrons. The number of oxime groups is 1. The smallest absolute Gasteiger partial charge is 0.236 e. The van der Waals surface area contributed by atoms with Crippen LogP contribution in [0, 0.1) is 5.41 Å². The average Bonchev–Trinajstić information content (AvgIpc) is 3.44. The molecule has 1 aliphatic carbocycles. The van der Waals surface area contributed by atoms with Crippen molar-refractivity contribution in [2.24, 2.45) is 10.6 Å². The van der Waals surface area contributed by atoms with Crippen LogP contribution in [0.25, 0.3) is 5.76 Å². The zero-order valence-electron chi connectivity index (χ0n) is 18.6. The van der Waals surface area contributed by atoms with Gasteiger partial charge in [0, 0.05) is 29.4 Å². The Kier molecular flexibility index (Phi) is 6.23. The van der Waals surface area contributed by atoms with Crippen LogP contribution >= 0.6 is 23.1 Å². The van der Waals surface area contributed by atoms with E-state index in [-0.39, 0.29) is 17.1 Å². The Hall–Kier alpha value is -1.80. The average molecular weight is 460 g/mol. The van der Waals surface area contributed by atoms with Crippen LogP contribution in [-0.4, -0.2) is 30.9 Å². The fraction of sp³-hybridized carbons (Fsp3) is 0.458. The number of nitrogens with zero attached hydrogens (tertiary/aromatic N) is 1. The summed E-state index contributed by atoms with van der Waals surface area (Å²) in [6, 6.07) is 8.65. The number of hydrogen-bond acceptors (Lipinski definition) is 7. The SMILES string of the molecule is CO[C@]1(c2csc(Sc3ccc4c(c3)CC=C4O/C(=N/O)C(C)(C)C)c2)CCO[C@@H]1C. The first-order valence-corrected chi connectivity index (χ1v) is 12.1. The van der Waals surface area contributed by atoms with Gasteiger partial charge < -0.3 is 19.4 Å². The molecule has 0 radical (unpaired) electrons. The molecule has 4 rings (SSSR count). The molecule has 1 saturated heterocycles. The first-order chi connectivity index (χ1) is 14.8. The second kappa shape index (κ2) is 8.62. The van der Waals surface area contributed by atoms with Gasteiger partial charge in [-0.3, -0.25) is 0 Å². The Morgan fingerprint density at radius 1 is 1.32 bits per heavy atom. The fourth-order valence-electron chi connectivity index (χ4n) is 4.08. The van der Waals surface area contributed by atoms with E-state index < -0.39 is 0 Å². The molecular formula is C24H29NO4S2. The summed E-state index contributed by atoms with van der Waals surface area (Å²) < 4.78 is 18.9. The van der Waals surface area contributed by atoms with Crippen LogP contribution in [0.4, 0.5) is 0 Å². The summed E-state index contributed by atoms with van der Waals surface area (Å²) in [5.74, 6) is 1.07. The van der Waals surface area contributed by atoms with E-state index in [4.69, 9.17) is 14.2 Å². The van der Waals surface area contributed by atoms with Crippen molar-refractivity contribution in [2.75, 3.05) is 13.7 Å². The standard InChI is InChI=1S/C24H29NO4S2/c1-15-24(27-5,10-11-28-15)17-13-21(30-14-17)31-18-7-8-19-16(12-18)6-9-20(19)29-22(25-26)23(2,3)4/h7-9,12-15,26H,6,10-11H2,1-5H3/b25-22+/t15-,24-/m1/s1. The highest BCUT2D eigenvalue weighted by atomic mass is 32.2. The third kappa shape index (κ3) is 4.29. The van der Waals surface area contributed by atoms with E-state index in [1.807, 2.05) is 26.8 Å². The molecule has 1 fully saturated rings. The van der Waals surface area contributed by atoms with Crippen molar-refractivity contribution in [3.05, 3.63) is 52.4 Å². The van der Waals surface area contributed by atoms with E-state index in [0.29, 0.717) is 5.90 Å². The second-order valence-corrected chi connectivity index (χ2v) is 11.2. The quantitative estimate of drug-likeness (QED) is 0.246. The van der Waals surface area contributed by atoms with E-state index in [9.17, 15) is 5.21 Å². The lowest BCUT2D eigenvalue weighted by Crippen LogP contribution is -2.35. The summed E-state index contributed by atoms with van der Waals surface area (Å²) in [5.41, 5.74) is 2.75. The fourth-order valence-corrected chi connectivity index (χ4v) is 6.16. The van der Waals surface area contributed by atoms with Crippen molar-refractivity contribution in [2.45, 2.75) is 61.3 Å². The Morgan fingerprint density at radius 3 is 2.77 bits per heavy atom. The number of benzene rings is 1. The Morgan fingerprint density at radius 2 is 2.13 bits per heavy atom. The molecule has 2 aromatic rings. The Bertz CT molecular complexity index is 1020. The minimum absolute atomic E-state index is 0.0508. The molecule has 0 spiro atoms. The highest BCUT2D eigenvalue weighted by Crippen LogP contribution is 2.44. The van der Waals surface area contributed by atoms with Gasteiger partial charge in [0.05, 0.1) is 16.9 Å². The lowest BCUT2D eigenvalue weighted by atomic mass is 9.90. The summed E-state index contributed by atoms with van der Waals surface area (Å²) >= 11 is 3.50. The lowest BCUT2D eigenvalue weighted by molar-refractivity contribution is -0.0645. The maximum Gasteiger partial charge on any atom is 0.236 e. The molecule has 1 aliphatic heterocycles. The van der Waals surface area contributed by atoms with Gasteiger partial charge in [0.1, 0.15) is 11.4 Å². The molecule has 31 heavy (non-hydrogen) atoms. The third-order valence-electron chi connectivity index (χ3n) is 5.93. The number of thiophene rings is 1. The van der Waals surface area contributed by atoms with Gasteiger partial charge in [0.25, 0.3) is 0 Å². The van der Waals surface area contributed by atoms with Crippen molar-refractivity contribution in [3.63, 3.8) is 0 Å². The first-order valence-electron chi connectivity index (χ1n) is 10.4. The van der Waals surface area contributed by atoms with Crippen LogP contribution in [0.5, 0.6) is 0 Å². The maximum absolute atomic E-state index is 9.33. The van der Waals surface area contributed by atoms with E-state index in [0.717, 1.165) is 30.8 Å². The Balaban J connectivity index is 1.49. The summed E-state index contributed by atoms with van der Waals surface area (Å²) in [6.45, 7) is 8.69. The monoisotopic (exact) mass is 459 g/mol. The molecular weight excluding hydrogens is 430 g/mol. The van der Waals surface area contributed by atoms with Crippen molar-refractivity contribution in [1.29, 1.82) is 0 Å². The highest BCUT2D eigenvalue weighted by Gasteiger charge is 2.44. The number of fused-ring (bicyclic) bond motifs is 1. The highest BCUT2D eigenvalue weighted by molar-refractivity contribution is 8.01. The molecule has 0 saturated carbocycles. The topological polar surface area (TPSA) is 60.3 Å². The third-order valence-corrected chi connectivity index (χ3v) is 8.00. The van der Waals surface area contributed by atoms with Crippen molar-refractivity contribution >= 4 is 34.8 Å². The van der Waals surface area contributed by atoms with E-state index >= 15 is 0 Å². The van der Waals surface area contributed by atoms with Gasteiger partial charge in [0.2, 0.25) is 5.90 Å². The summed E-state index contributed by atoms with van der Waals surface area (Å²) in [6.07, 6.45) is 3.78. The molecule has 0 unspecified atom stereocenters. The number of ether oxygens (including phenoxy) is 3. The molecule has 5 nitrogen and oxygen atoms in total. The van der Waals surface area contributed by atoms with Crippen molar-refractivity contribution < 1.29 is 19.4 Å². The van der Waals surface area contributed by atoms with Gasteiger partial charge in [-0.25, -0.2) is 0 Å². The predicted octanol–water partition coefficient (Wildman–Crippen LogP) is 6.30. The van der Waals surface area contributed by atoms with Gasteiger partial charge in [0.15, 0.2) is 0 Å². The van der Waals surface area contributed by atoms with Crippen LogP contribution < -0.4 is 0 Å². The molecule has 1 N–H and O–H groups in total. The minimum Gasteiger partial charge on any atom is -0.439 e. The largest absolute Gasteiger partial charge is 0.439 e. The zero-order chi connectivity index (χ0) is 22.2. The van der Waals surface area contributed by atoms with Gasteiger partial charge in [-0.1, -0.05) is 37.7 Å². The summed E-state index contributed by atoms with van der Waals surface area (Å²) in [4.78, 5) is 1.19. The zero-order valence-corrected chi connectivity index (χ0v) is 20.2. The lowest BCUT2D eigenvalue weighted by Gasteiger charge is -2.30. The van der Waals surface area contributed by atoms with Gasteiger partial charge >= 0.3 is 0 Å². The van der Waals surface area contributed by atoms with Crippen molar-refractivity contribution in [3.8, 4) is 0 Å². The van der Waals surface area contributed by atoms with Crippen molar-refractivity contribution in [1.82, 2.24) is 0 Å². The molecule has 1 aromatic carbocycles. The Labute approximate surface area is 192 Å². The predicted molar refractivity (Wildman–Crippen MR) is 125 cm³/mol. The molecule has 2 atom stereocenters. The molecule has 0 amide bonds.